The molecule has 0 aliphatic rings. The summed E-state index contributed by atoms with van der Waals surface area (Å²) in [5, 5.41) is 5.62. The average molecular weight is 400 g/mol. The van der Waals surface area contributed by atoms with E-state index in [1.807, 2.05) is 0 Å². The van der Waals surface area contributed by atoms with Gasteiger partial charge in [0.2, 0.25) is 0 Å². The summed E-state index contributed by atoms with van der Waals surface area (Å²) in [4.78, 5) is 28.0. The average Bonchev–Trinajstić information content (AvgIpc) is 2.71. The van der Waals surface area contributed by atoms with Gasteiger partial charge in [-0.05, 0) is 54.6 Å². The molecular weight excluding hydrogens is 385 g/mol. The largest absolute Gasteiger partial charge is 0.465 e. The van der Waals surface area contributed by atoms with E-state index >= 15 is 0 Å². The minimum atomic E-state index is -0.562. The molecule has 0 aliphatic heterocycles. The Hall–Kier alpha value is -3.45. The van der Waals surface area contributed by atoms with Gasteiger partial charge in [0.1, 0.15) is 11.6 Å². The Morgan fingerprint density at radius 2 is 1.71 bits per heavy atom. The number of carbonyl (C=O) groups is 2. The molecule has 1 heterocycles. The van der Waals surface area contributed by atoms with E-state index in [1.54, 1.807) is 36.4 Å². The predicted molar refractivity (Wildman–Crippen MR) is 105 cm³/mol. The fraction of sp³-hybridized carbons (Fsp3) is 0.0500. The van der Waals surface area contributed by atoms with Crippen LogP contribution in [0.5, 0.6) is 0 Å². The van der Waals surface area contributed by atoms with Gasteiger partial charge in [0, 0.05) is 23.1 Å². The highest BCUT2D eigenvalue weighted by molar-refractivity contribution is 6.31. The van der Waals surface area contributed by atoms with Gasteiger partial charge in [-0.1, -0.05) is 11.6 Å². The number of ether oxygens (including phenoxy) is 1. The van der Waals surface area contributed by atoms with Crippen LogP contribution < -0.4 is 10.6 Å². The van der Waals surface area contributed by atoms with E-state index in [0.717, 1.165) is 0 Å². The topological polar surface area (TPSA) is 80.3 Å². The molecule has 1 amide bonds. The number of amides is 1. The van der Waals surface area contributed by atoms with Crippen LogP contribution in [0.25, 0.3) is 0 Å². The van der Waals surface area contributed by atoms with Gasteiger partial charge in [0.15, 0.2) is 0 Å². The molecule has 3 aromatic rings. The van der Waals surface area contributed by atoms with E-state index in [0.29, 0.717) is 28.3 Å². The highest BCUT2D eigenvalue weighted by Gasteiger charge is 2.10. The Morgan fingerprint density at radius 1 is 1.00 bits per heavy atom. The molecule has 6 nitrogen and oxygen atoms in total. The number of hydrogen-bond acceptors (Lipinski definition) is 5. The van der Waals surface area contributed by atoms with Crippen molar-refractivity contribution in [2.75, 3.05) is 17.7 Å². The number of aromatic nitrogens is 1. The zero-order valence-electron chi connectivity index (χ0n) is 14.7. The Balaban J connectivity index is 1.71. The zero-order valence-corrected chi connectivity index (χ0v) is 15.5. The van der Waals surface area contributed by atoms with Crippen LogP contribution in [0, 0.1) is 5.82 Å². The molecule has 0 atom stereocenters. The van der Waals surface area contributed by atoms with Crippen LogP contribution in [0.4, 0.5) is 21.6 Å². The zero-order chi connectivity index (χ0) is 20.1. The number of pyridine rings is 1. The monoisotopic (exact) mass is 399 g/mol. The van der Waals surface area contributed by atoms with Crippen molar-refractivity contribution in [3.63, 3.8) is 0 Å². The van der Waals surface area contributed by atoms with Crippen LogP contribution in [-0.2, 0) is 4.74 Å². The van der Waals surface area contributed by atoms with Crippen molar-refractivity contribution in [3.05, 3.63) is 82.8 Å². The van der Waals surface area contributed by atoms with Crippen LogP contribution in [0.3, 0.4) is 0 Å². The SMILES string of the molecule is COC(=O)c1ccc(Nc2cc(C(=O)Nc3ccc(F)c(Cl)c3)ccn2)cc1. The summed E-state index contributed by atoms with van der Waals surface area (Å²) in [7, 11) is 1.31. The third kappa shape index (κ3) is 4.63. The van der Waals surface area contributed by atoms with Crippen LogP contribution in [0.2, 0.25) is 5.02 Å². The van der Waals surface area contributed by atoms with Crippen LogP contribution >= 0.6 is 11.6 Å². The molecule has 8 heteroatoms. The summed E-state index contributed by atoms with van der Waals surface area (Å²) in [5.74, 6) is -0.942. The van der Waals surface area contributed by atoms with E-state index < -0.39 is 17.7 Å². The van der Waals surface area contributed by atoms with Gasteiger partial charge in [-0.2, -0.15) is 0 Å². The molecule has 1 aromatic heterocycles. The third-order valence-corrected chi connectivity index (χ3v) is 4.07. The lowest BCUT2D eigenvalue weighted by molar-refractivity contribution is 0.0600. The summed E-state index contributed by atoms with van der Waals surface area (Å²) in [6.45, 7) is 0. The Labute approximate surface area is 165 Å². The Kier molecular flexibility index (Phi) is 5.86. The van der Waals surface area contributed by atoms with Crippen LogP contribution in [-0.4, -0.2) is 24.0 Å². The number of anilines is 3. The summed E-state index contributed by atoms with van der Waals surface area (Å²) in [6, 6.07) is 13.7. The van der Waals surface area contributed by atoms with E-state index in [9.17, 15) is 14.0 Å². The van der Waals surface area contributed by atoms with Gasteiger partial charge < -0.3 is 15.4 Å². The number of methoxy groups -OCH3 is 1. The molecule has 3 rings (SSSR count). The predicted octanol–water partition coefficient (Wildman–Crippen LogP) is 4.66. The lowest BCUT2D eigenvalue weighted by atomic mass is 10.2. The van der Waals surface area contributed by atoms with E-state index in [1.165, 1.54) is 31.5 Å². The number of carbonyl (C=O) groups excluding carboxylic acids is 2. The second-order valence-corrected chi connectivity index (χ2v) is 6.11. The van der Waals surface area contributed by atoms with Crippen molar-refractivity contribution in [1.29, 1.82) is 0 Å². The van der Waals surface area contributed by atoms with Gasteiger partial charge in [-0.3, -0.25) is 4.79 Å². The number of esters is 1. The molecule has 0 saturated carbocycles. The first-order chi connectivity index (χ1) is 13.5. The summed E-state index contributed by atoms with van der Waals surface area (Å²) >= 11 is 5.72. The molecule has 0 unspecified atom stereocenters. The molecule has 142 valence electrons. The molecule has 0 bridgehead atoms. The first kappa shape index (κ1) is 19.3. The fourth-order valence-electron chi connectivity index (χ4n) is 2.37. The Bertz CT molecular complexity index is 1030. The number of nitrogens with zero attached hydrogens (tertiary/aromatic N) is 1. The standard InChI is InChI=1S/C20H15ClFN3O3/c1-28-20(27)12-2-4-14(5-3-12)24-18-10-13(8-9-23-18)19(26)25-15-6-7-17(22)16(21)11-15/h2-11H,1H3,(H,23,24)(H,25,26). The van der Waals surface area contributed by atoms with Crippen molar-refractivity contribution < 1.29 is 18.7 Å². The van der Waals surface area contributed by atoms with Crippen molar-refractivity contribution in [2.24, 2.45) is 0 Å². The van der Waals surface area contributed by atoms with Gasteiger partial charge >= 0.3 is 5.97 Å². The smallest absolute Gasteiger partial charge is 0.337 e. The van der Waals surface area contributed by atoms with E-state index in [-0.39, 0.29) is 5.02 Å². The van der Waals surface area contributed by atoms with Gasteiger partial charge in [0.25, 0.3) is 5.91 Å². The maximum absolute atomic E-state index is 13.2. The number of halogens is 2. The first-order valence-electron chi connectivity index (χ1n) is 8.14. The quantitative estimate of drug-likeness (QED) is 0.610. The van der Waals surface area contributed by atoms with E-state index in [4.69, 9.17) is 11.6 Å². The molecule has 28 heavy (non-hydrogen) atoms. The highest BCUT2D eigenvalue weighted by atomic mass is 35.5. The first-order valence-corrected chi connectivity index (χ1v) is 8.52. The Morgan fingerprint density at radius 3 is 2.39 bits per heavy atom. The number of nitrogens with one attached hydrogen (secondary N) is 2. The van der Waals surface area contributed by atoms with Gasteiger partial charge in [-0.15, -0.1) is 0 Å². The summed E-state index contributed by atoms with van der Waals surface area (Å²) < 4.78 is 17.9. The normalized spacial score (nSPS) is 10.2. The van der Waals surface area contributed by atoms with Crippen molar-refractivity contribution in [2.45, 2.75) is 0 Å². The molecule has 0 saturated heterocycles. The summed E-state index contributed by atoms with van der Waals surface area (Å²) in [6.07, 6.45) is 1.48. The fourth-order valence-corrected chi connectivity index (χ4v) is 2.55. The van der Waals surface area contributed by atoms with Crippen molar-refractivity contribution in [1.82, 2.24) is 4.98 Å². The molecule has 2 N–H and O–H groups in total. The lowest BCUT2D eigenvalue weighted by Gasteiger charge is -2.09. The van der Waals surface area contributed by atoms with Gasteiger partial charge in [-0.25, -0.2) is 14.2 Å². The van der Waals surface area contributed by atoms with Crippen LogP contribution in [0.1, 0.15) is 20.7 Å². The minimum Gasteiger partial charge on any atom is -0.465 e. The molecule has 0 aliphatic carbocycles. The molecule has 2 aromatic carbocycles. The van der Waals surface area contributed by atoms with Crippen LogP contribution in [0.15, 0.2) is 60.8 Å². The number of hydrogen-bond donors (Lipinski definition) is 2. The lowest BCUT2D eigenvalue weighted by Crippen LogP contribution is -2.12. The minimum absolute atomic E-state index is 0.0784. The second kappa shape index (κ2) is 8.49. The second-order valence-electron chi connectivity index (χ2n) is 5.71. The molecule has 0 radical (unpaired) electrons. The van der Waals surface area contributed by atoms with Gasteiger partial charge in [0.05, 0.1) is 17.7 Å². The number of benzene rings is 2. The van der Waals surface area contributed by atoms with Crippen molar-refractivity contribution in [3.8, 4) is 0 Å². The summed E-state index contributed by atoms with van der Waals surface area (Å²) in [5.41, 5.74) is 1.83. The highest BCUT2D eigenvalue weighted by Crippen LogP contribution is 2.21. The third-order valence-electron chi connectivity index (χ3n) is 3.78. The van der Waals surface area contributed by atoms with E-state index in [2.05, 4.69) is 20.4 Å². The molecular formula is C20H15ClFN3O3. The maximum atomic E-state index is 13.2. The molecule has 0 fully saturated rings. The molecule has 0 spiro atoms. The number of rotatable bonds is 5. The van der Waals surface area contributed by atoms with Crippen molar-refractivity contribution >= 4 is 40.7 Å². The maximum Gasteiger partial charge on any atom is 0.337 e.